The number of rotatable bonds is 14. The van der Waals surface area contributed by atoms with E-state index in [0.717, 1.165) is 19.3 Å². The van der Waals surface area contributed by atoms with Crippen molar-refractivity contribution in [2.24, 2.45) is 11.7 Å². The molecular formula is C20H40N4O5. The van der Waals surface area contributed by atoms with Crippen molar-refractivity contribution in [1.29, 1.82) is 0 Å². The fraction of sp³-hybridized carbons (Fsp3) is 0.800. The number of unbranched alkanes of at least 4 members (excludes halogenated alkanes) is 2. The van der Waals surface area contributed by atoms with Gasteiger partial charge in [-0.05, 0) is 40.2 Å². The number of ketones is 1. The maximum absolute atomic E-state index is 11.3. The average molecular weight is 417 g/mol. The van der Waals surface area contributed by atoms with Crippen molar-refractivity contribution in [3.63, 3.8) is 0 Å². The van der Waals surface area contributed by atoms with Crippen molar-refractivity contribution in [3.8, 4) is 0 Å². The summed E-state index contributed by atoms with van der Waals surface area (Å²) in [5.74, 6) is -0.418. The topological polar surface area (TPSA) is 140 Å². The maximum atomic E-state index is 11.3. The quantitative estimate of drug-likeness (QED) is 0.304. The van der Waals surface area contributed by atoms with Gasteiger partial charge in [0.05, 0.1) is 6.54 Å². The fourth-order valence-corrected chi connectivity index (χ4v) is 1.91. The minimum atomic E-state index is -0.181. The first-order valence-corrected chi connectivity index (χ1v) is 10.3. The largest absolute Gasteiger partial charge is 0.364 e. The number of Topliss-reactive ketones (excluding diaryl/α,β-unsaturated/α-hetero) is 1. The first kappa shape index (κ1) is 29.2. The van der Waals surface area contributed by atoms with Crippen LogP contribution in [-0.2, 0) is 23.9 Å². The highest BCUT2D eigenvalue weighted by atomic mass is 16.5. The smallest absolute Gasteiger partial charge is 0.246 e. The van der Waals surface area contributed by atoms with Crippen LogP contribution < -0.4 is 21.7 Å². The van der Waals surface area contributed by atoms with Gasteiger partial charge in [0.1, 0.15) is 13.2 Å². The van der Waals surface area contributed by atoms with E-state index < -0.39 is 0 Å². The third-order valence-electron chi connectivity index (χ3n) is 3.50. The summed E-state index contributed by atoms with van der Waals surface area (Å²) in [5, 5.41) is 7.86. The Hall–Kier alpha value is -2.00. The first-order valence-electron chi connectivity index (χ1n) is 10.3. The van der Waals surface area contributed by atoms with Crippen molar-refractivity contribution < 1.29 is 23.9 Å². The zero-order chi connectivity index (χ0) is 22.7. The molecule has 9 nitrogen and oxygen atoms in total. The van der Waals surface area contributed by atoms with Crippen LogP contribution >= 0.6 is 0 Å². The van der Waals surface area contributed by atoms with Crippen LogP contribution in [0.15, 0.2) is 0 Å². The van der Waals surface area contributed by atoms with Crippen LogP contribution in [0.5, 0.6) is 0 Å². The first-order chi connectivity index (χ1) is 13.6. The highest BCUT2D eigenvalue weighted by Crippen LogP contribution is 1.97. The molecule has 0 aliphatic carbocycles. The molecule has 9 heteroatoms. The molecule has 0 saturated heterocycles. The molecule has 3 amide bonds. The Morgan fingerprint density at radius 1 is 0.862 bits per heavy atom. The summed E-state index contributed by atoms with van der Waals surface area (Å²) in [6.07, 6.45) is 3.20. The van der Waals surface area contributed by atoms with Crippen LogP contribution in [-0.4, -0.2) is 62.4 Å². The van der Waals surface area contributed by atoms with Gasteiger partial charge < -0.3 is 26.4 Å². The molecule has 0 unspecified atom stereocenters. The van der Waals surface area contributed by atoms with Crippen molar-refractivity contribution >= 4 is 23.5 Å². The Bertz CT molecular complexity index is 481. The second kappa shape index (κ2) is 19.3. The van der Waals surface area contributed by atoms with Crippen molar-refractivity contribution in [3.05, 3.63) is 0 Å². The van der Waals surface area contributed by atoms with Crippen LogP contribution in [0.4, 0.5) is 0 Å². The SMILES string of the molecule is CC(C)NC(=O)CNC(=O)CCCCCN.CCNC(=O)COCC(=O)C(C)C. The highest BCUT2D eigenvalue weighted by Gasteiger charge is 2.08. The molecule has 0 aliphatic heterocycles. The number of amides is 3. The summed E-state index contributed by atoms with van der Waals surface area (Å²) in [6.45, 7) is 10.5. The molecular weight excluding hydrogens is 376 g/mol. The van der Waals surface area contributed by atoms with E-state index in [1.165, 1.54) is 0 Å². The molecule has 0 fully saturated rings. The maximum Gasteiger partial charge on any atom is 0.246 e. The van der Waals surface area contributed by atoms with Crippen LogP contribution in [0.1, 0.15) is 60.3 Å². The second-order valence-electron chi connectivity index (χ2n) is 7.17. The number of nitrogens with two attached hydrogens (primary N) is 1. The van der Waals surface area contributed by atoms with E-state index in [4.69, 9.17) is 10.5 Å². The lowest BCUT2D eigenvalue weighted by Gasteiger charge is -2.09. The Labute approximate surface area is 174 Å². The van der Waals surface area contributed by atoms with E-state index in [2.05, 4.69) is 16.0 Å². The van der Waals surface area contributed by atoms with Gasteiger partial charge in [-0.15, -0.1) is 0 Å². The summed E-state index contributed by atoms with van der Waals surface area (Å²) in [7, 11) is 0. The zero-order valence-electron chi connectivity index (χ0n) is 18.6. The standard InChI is InChI=1S/C11H23N3O2.C9H17NO3/c1-9(2)14-11(16)8-13-10(15)6-4-3-5-7-12;1-4-10-9(12)6-13-5-8(11)7(2)3/h9H,3-8,12H2,1-2H3,(H,13,15)(H,14,16);7H,4-6H2,1-3H3,(H,10,12). The van der Waals surface area contributed by atoms with E-state index >= 15 is 0 Å². The summed E-state index contributed by atoms with van der Waals surface area (Å²) in [5.41, 5.74) is 5.34. The van der Waals surface area contributed by atoms with Crippen LogP contribution in [0, 0.1) is 5.92 Å². The zero-order valence-corrected chi connectivity index (χ0v) is 18.6. The van der Waals surface area contributed by atoms with E-state index in [1.54, 1.807) is 13.8 Å². The van der Waals surface area contributed by atoms with E-state index in [9.17, 15) is 19.2 Å². The molecule has 0 bridgehead atoms. The van der Waals surface area contributed by atoms with E-state index in [0.29, 0.717) is 19.5 Å². The number of ether oxygens (including phenoxy) is 1. The molecule has 170 valence electrons. The minimum absolute atomic E-state index is 0.0179. The third kappa shape index (κ3) is 22.2. The number of carbonyl (C=O) groups is 4. The van der Waals surface area contributed by atoms with Crippen molar-refractivity contribution in [1.82, 2.24) is 16.0 Å². The minimum Gasteiger partial charge on any atom is -0.364 e. The number of hydrogen-bond donors (Lipinski definition) is 4. The molecule has 0 aliphatic rings. The van der Waals surface area contributed by atoms with Gasteiger partial charge in [-0.1, -0.05) is 20.3 Å². The van der Waals surface area contributed by atoms with Gasteiger partial charge >= 0.3 is 0 Å². The highest BCUT2D eigenvalue weighted by molar-refractivity contribution is 5.84. The lowest BCUT2D eigenvalue weighted by Crippen LogP contribution is -2.39. The molecule has 0 aromatic heterocycles. The summed E-state index contributed by atoms with van der Waals surface area (Å²) < 4.78 is 4.91. The molecule has 0 heterocycles. The van der Waals surface area contributed by atoms with Gasteiger partial charge in [-0.2, -0.15) is 0 Å². The van der Waals surface area contributed by atoms with Gasteiger partial charge in [0.25, 0.3) is 0 Å². The predicted octanol–water partition coefficient (Wildman–Crippen LogP) is 0.511. The third-order valence-corrected chi connectivity index (χ3v) is 3.50. The number of nitrogens with one attached hydrogen (secondary N) is 3. The van der Waals surface area contributed by atoms with Crippen LogP contribution in [0.25, 0.3) is 0 Å². The fourth-order valence-electron chi connectivity index (χ4n) is 1.91. The number of carbonyl (C=O) groups excluding carboxylic acids is 4. The van der Waals surface area contributed by atoms with Gasteiger partial charge in [-0.25, -0.2) is 0 Å². The lowest BCUT2D eigenvalue weighted by molar-refractivity contribution is -0.131. The Balaban J connectivity index is 0. The molecule has 5 N–H and O–H groups in total. The lowest BCUT2D eigenvalue weighted by atomic mass is 10.1. The molecule has 0 aromatic carbocycles. The summed E-state index contributed by atoms with van der Waals surface area (Å²) in [6, 6.07) is 0.106. The molecule has 0 spiro atoms. The van der Waals surface area contributed by atoms with Crippen LogP contribution in [0.2, 0.25) is 0 Å². The number of hydrogen-bond acceptors (Lipinski definition) is 6. The van der Waals surface area contributed by atoms with Crippen molar-refractivity contribution in [2.45, 2.75) is 66.3 Å². The monoisotopic (exact) mass is 416 g/mol. The molecule has 0 radical (unpaired) electrons. The number of likely N-dealkylation sites (N-methyl/N-ethyl adjacent to an activating group) is 1. The molecule has 29 heavy (non-hydrogen) atoms. The van der Waals surface area contributed by atoms with Gasteiger partial charge in [0.15, 0.2) is 5.78 Å². The normalized spacial score (nSPS) is 10.2. The van der Waals surface area contributed by atoms with E-state index in [-0.39, 0.29) is 55.2 Å². The molecule has 0 rings (SSSR count). The molecule has 0 aromatic rings. The summed E-state index contributed by atoms with van der Waals surface area (Å²) >= 11 is 0. The predicted molar refractivity (Wildman–Crippen MR) is 113 cm³/mol. The van der Waals surface area contributed by atoms with E-state index in [1.807, 2.05) is 20.8 Å². The Morgan fingerprint density at radius 3 is 2.03 bits per heavy atom. The second-order valence-corrected chi connectivity index (χ2v) is 7.17. The Kier molecular flexibility index (Phi) is 19.5. The Morgan fingerprint density at radius 2 is 1.52 bits per heavy atom. The molecule has 0 atom stereocenters. The van der Waals surface area contributed by atoms with Crippen LogP contribution in [0.3, 0.4) is 0 Å². The van der Waals surface area contributed by atoms with Gasteiger partial charge in [0.2, 0.25) is 17.7 Å². The van der Waals surface area contributed by atoms with Gasteiger partial charge in [-0.3, -0.25) is 19.2 Å². The van der Waals surface area contributed by atoms with Crippen molar-refractivity contribution in [2.75, 3.05) is 32.8 Å². The average Bonchev–Trinajstić information content (AvgIpc) is 2.63. The van der Waals surface area contributed by atoms with Gasteiger partial charge in [0, 0.05) is 24.9 Å². The molecule has 0 saturated carbocycles. The summed E-state index contributed by atoms with van der Waals surface area (Å²) in [4.78, 5) is 44.3.